The average Bonchev–Trinajstić information content (AvgIpc) is 2.50. The van der Waals surface area contributed by atoms with Crippen LogP contribution in [0.2, 0.25) is 0 Å². The number of hydrogen-bond donors (Lipinski definition) is 1. The van der Waals surface area contributed by atoms with Crippen molar-refractivity contribution in [1.29, 1.82) is 0 Å². The topological polar surface area (TPSA) is 21.3 Å². The van der Waals surface area contributed by atoms with Crippen LogP contribution in [0, 0.1) is 5.82 Å². The van der Waals surface area contributed by atoms with Gasteiger partial charge in [0.1, 0.15) is 11.6 Å². The molecule has 0 aromatic heterocycles. The van der Waals surface area contributed by atoms with E-state index in [0.717, 1.165) is 23.3 Å². The molecule has 0 radical (unpaired) electrons. The van der Waals surface area contributed by atoms with E-state index in [2.05, 4.69) is 18.3 Å². The standard InChI is InChI=1S/C17H20FNO/c1-3-16(15-6-4-5-7-17(15)20-2)19-12-13-8-10-14(18)11-9-13/h4-11,16,19H,3,12H2,1-2H3. The van der Waals surface area contributed by atoms with Crippen LogP contribution in [0.15, 0.2) is 48.5 Å². The van der Waals surface area contributed by atoms with Crippen LogP contribution in [-0.2, 0) is 6.54 Å². The smallest absolute Gasteiger partial charge is 0.123 e. The lowest BCUT2D eigenvalue weighted by atomic mass is 10.0. The van der Waals surface area contributed by atoms with Gasteiger partial charge in [-0.25, -0.2) is 4.39 Å². The van der Waals surface area contributed by atoms with Crippen molar-refractivity contribution in [2.24, 2.45) is 0 Å². The number of para-hydroxylation sites is 1. The van der Waals surface area contributed by atoms with Crippen molar-refractivity contribution >= 4 is 0 Å². The maximum absolute atomic E-state index is 12.9. The second-order valence-corrected chi connectivity index (χ2v) is 4.71. The van der Waals surface area contributed by atoms with Gasteiger partial charge in [0.25, 0.3) is 0 Å². The van der Waals surface area contributed by atoms with E-state index in [0.29, 0.717) is 6.54 Å². The zero-order valence-corrected chi connectivity index (χ0v) is 11.9. The summed E-state index contributed by atoms with van der Waals surface area (Å²) in [5.74, 6) is 0.691. The third-order valence-electron chi connectivity index (χ3n) is 3.39. The van der Waals surface area contributed by atoms with Gasteiger partial charge in [-0.1, -0.05) is 37.3 Å². The van der Waals surface area contributed by atoms with Crippen LogP contribution in [0.25, 0.3) is 0 Å². The molecule has 0 bridgehead atoms. The molecule has 2 nitrogen and oxygen atoms in total. The number of ether oxygens (including phenoxy) is 1. The minimum atomic E-state index is -0.203. The first-order valence-electron chi connectivity index (χ1n) is 6.85. The molecule has 0 saturated heterocycles. The lowest BCUT2D eigenvalue weighted by Crippen LogP contribution is -2.20. The Labute approximate surface area is 119 Å². The van der Waals surface area contributed by atoms with Gasteiger partial charge in [0.15, 0.2) is 0 Å². The molecule has 3 heteroatoms. The fraction of sp³-hybridized carbons (Fsp3) is 0.294. The number of benzene rings is 2. The molecule has 0 heterocycles. The lowest BCUT2D eigenvalue weighted by Gasteiger charge is -2.20. The third-order valence-corrected chi connectivity index (χ3v) is 3.39. The number of methoxy groups -OCH3 is 1. The highest BCUT2D eigenvalue weighted by atomic mass is 19.1. The monoisotopic (exact) mass is 273 g/mol. The van der Waals surface area contributed by atoms with Gasteiger partial charge in [-0.3, -0.25) is 0 Å². The fourth-order valence-corrected chi connectivity index (χ4v) is 2.27. The van der Waals surface area contributed by atoms with Crippen LogP contribution in [0.1, 0.15) is 30.5 Å². The molecule has 1 unspecified atom stereocenters. The van der Waals surface area contributed by atoms with Crippen molar-refractivity contribution in [3.63, 3.8) is 0 Å². The molecule has 0 amide bonds. The maximum atomic E-state index is 12.9. The van der Waals surface area contributed by atoms with E-state index in [4.69, 9.17) is 4.74 Å². The molecule has 20 heavy (non-hydrogen) atoms. The Bertz CT molecular complexity index is 539. The third kappa shape index (κ3) is 3.58. The Morgan fingerprint density at radius 1 is 1.10 bits per heavy atom. The highest BCUT2D eigenvalue weighted by Gasteiger charge is 2.13. The molecule has 1 atom stereocenters. The van der Waals surface area contributed by atoms with Crippen molar-refractivity contribution in [3.05, 3.63) is 65.5 Å². The van der Waals surface area contributed by atoms with Crippen molar-refractivity contribution < 1.29 is 9.13 Å². The Morgan fingerprint density at radius 3 is 2.45 bits per heavy atom. The average molecular weight is 273 g/mol. The van der Waals surface area contributed by atoms with E-state index in [1.54, 1.807) is 19.2 Å². The number of halogens is 1. The Hall–Kier alpha value is -1.87. The fourth-order valence-electron chi connectivity index (χ4n) is 2.27. The SMILES string of the molecule is CCC(NCc1ccc(F)cc1)c1ccccc1OC. The molecule has 2 rings (SSSR count). The predicted octanol–water partition coefficient (Wildman–Crippen LogP) is 4.08. The predicted molar refractivity (Wildman–Crippen MR) is 79.3 cm³/mol. The van der Waals surface area contributed by atoms with E-state index >= 15 is 0 Å². The van der Waals surface area contributed by atoms with Crippen LogP contribution < -0.4 is 10.1 Å². The van der Waals surface area contributed by atoms with Gasteiger partial charge in [0.05, 0.1) is 7.11 Å². The molecule has 1 N–H and O–H groups in total. The van der Waals surface area contributed by atoms with Crippen LogP contribution >= 0.6 is 0 Å². The highest BCUT2D eigenvalue weighted by Crippen LogP contribution is 2.27. The molecule has 106 valence electrons. The quantitative estimate of drug-likeness (QED) is 0.856. The van der Waals surface area contributed by atoms with E-state index in [-0.39, 0.29) is 11.9 Å². The van der Waals surface area contributed by atoms with Crippen molar-refractivity contribution in [2.45, 2.75) is 25.9 Å². The minimum Gasteiger partial charge on any atom is -0.496 e. The second-order valence-electron chi connectivity index (χ2n) is 4.71. The first-order chi connectivity index (χ1) is 9.74. The van der Waals surface area contributed by atoms with Gasteiger partial charge in [-0.05, 0) is 30.2 Å². The number of nitrogens with one attached hydrogen (secondary N) is 1. The Balaban J connectivity index is 2.07. The van der Waals surface area contributed by atoms with Crippen LogP contribution in [-0.4, -0.2) is 7.11 Å². The molecule has 0 aliphatic carbocycles. The van der Waals surface area contributed by atoms with Gasteiger partial charge < -0.3 is 10.1 Å². The summed E-state index contributed by atoms with van der Waals surface area (Å²) in [4.78, 5) is 0. The molecule has 0 aliphatic rings. The summed E-state index contributed by atoms with van der Waals surface area (Å²) in [5.41, 5.74) is 2.22. The summed E-state index contributed by atoms with van der Waals surface area (Å²) >= 11 is 0. The first kappa shape index (κ1) is 14.5. The zero-order valence-electron chi connectivity index (χ0n) is 11.9. The molecule has 0 spiro atoms. The van der Waals surface area contributed by atoms with Gasteiger partial charge in [-0.2, -0.15) is 0 Å². The molecule has 2 aromatic rings. The molecule has 0 saturated carbocycles. The molecule has 0 aliphatic heterocycles. The summed E-state index contributed by atoms with van der Waals surface area (Å²) in [7, 11) is 1.69. The van der Waals surface area contributed by atoms with Gasteiger partial charge >= 0.3 is 0 Å². The van der Waals surface area contributed by atoms with E-state index in [1.165, 1.54) is 12.1 Å². The summed E-state index contributed by atoms with van der Waals surface area (Å²) < 4.78 is 18.3. The summed E-state index contributed by atoms with van der Waals surface area (Å²) in [6.07, 6.45) is 0.960. The van der Waals surface area contributed by atoms with Crippen LogP contribution in [0.3, 0.4) is 0 Å². The summed E-state index contributed by atoms with van der Waals surface area (Å²) in [6.45, 7) is 2.84. The van der Waals surface area contributed by atoms with Gasteiger partial charge in [0.2, 0.25) is 0 Å². The zero-order chi connectivity index (χ0) is 14.4. The minimum absolute atomic E-state index is 0.203. The van der Waals surface area contributed by atoms with E-state index in [9.17, 15) is 4.39 Å². The highest BCUT2D eigenvalue weighted by molar-refractivity contribution is 5.35. The van der Waals surface area contributed by atoms with Crippen LogP contribution in [0.5, 0.6) is 5.75 Å². The number of rotatable bonds is 6. The van der Waals surface area contributed by atoms with Gasteiger partial charge in [0, 0.05) is 18.2 Å². The largest absolute Gasteiger partial charge is 0.496 e. The molecular formula is C17H20FNO. The maximum Gasteiger partial charge on any atom is 0.123 e. The summed E-state index contributed by atoms with van der Waals surface area (Å²) in [6, 6.07) is 14.8. The number of hydrogen-bond acceptors (Lipinski definition) is 2. The Morgan fingerprint density at radius 2 is 1.80 bits per heavy atom. The first-order valence-corrected chi connectivity index (χ1v) is 6.85. The summed E-state index contributed by atoms with van der Waals surface area (Å²) in [5, 5.41) is 3.49. The Kier molecular flexibility index (Phi) is 5.13. The second kappa shape index (κ2) is 7.06. The van der Waals surface area contributed by atoms with Crippen molar-refractivity contribution in [2.75, 3.05) is 7.11 Å². The molecule has 0 fully saturated rings. The van der Waals surface area contributed by atoms with Crippen molar-refractivity contribution in [3.8, 4) is 5.75 Å². The van der Waals surface area contributed by atoms with E-state index < -0.39 is 0 Å². The lowest BCUT2D eigenvalue weighted by molar-refractivity contribution is 0.396. The van der Waals surface area contributed by atoms with Crippen LogP contribution in [0.4, 0.5) is 4.39 Å². The van der Waals surface area contributed by atoms with Crippen molar-refractivity contribution in [1.82, 2.24) is 5.32 Å². The normalized spacial score (nSPS) is 12.2. The van der Waals surface area contributed by atoms with E-state index in [1.807, 2.05) is 18.2 Å². The van der Waals surface area contributed by atoms with Gasteiger partial charge in [-0.15, -0.1) is 0 Å². The molecular weight excluding hydrogens is 253 g/mol. The molecule has 2 aromatic carbocycles.